The Labute approximate surface area is 133 Å². The Morgan fingerprint density at radius 1 is 1.27 bits per heavy atom. The van der Waals surface area contributed by atoms with Gasteiger partial charge in [-0.3, -0.25) is 9.59 Å². The molecule has 0 heterocycles. The lowest BCUT2D eigenvalue weighted by Crippen LogP contribution is -2.43. The fourth-order valence-corrected chi connectivity index (χ4v) is 3.30. The van der Waals surface area contributed by atoms with E-state index in [1.807, 2.05) is 20.8 Å². The zero-order valence-electron chi connectivity index (χ0n) is 14.2. The highest BCUT2D eigenvalue weighted by Crippen LogP contribution is 2.41. The van der Waals surface area contributed by atoms with Crippen molar-refractivity contribution >= 4 is 11.9 Å². The van der Waals surface area contributed by atoms with Crippen molar-refractivity contribution in [2.45, 2.75) is 59.3 Å². The van der Waals surface area contributed by atoms with Crippen LogP contribution in [-0.4, -0.2) is 36.7 Å². The summed E-state index contributed by atoms with van der Waals surface area (Å²) in [5.74, 6) is -1.02. The summed E-state index contributed by atoms with van der Waals surface area (Å²) in [6.45, 7) is 7.43. The lowest BCUT2D eigenvalue weighted by molar-refractivity contribution is -0.142. The van der Waals surface area contributed by atoms with E-state index in [0.29, 0.717) is 25.6 Å². The average molecular weight is 313 g/mol. The summed E-state index contributed by atoms with van der Waals surface area (Å²) < 4.78 is 5.41. The number of amides is 1. The van der Waals surface area contributed by atoms with Gasteiger partial charge in [-0.1, -0.05) is 26.7 Å². The third kappa shape index (κ3) is 5.59. The molecule has 0 spiro atoms. The van der Waals surface area contributed by atoms with Crippen LogP contribution in [0, 0.1) is 17.3 Å². The Kier molecular flexibility index (Phi) is 7.87. The van der Waals surface area contributed by atoms with Gasteiger partial charge in [-0.15, -0.1) is 0 Å². The molecule has 0 aromatic rings. The standard InChI is InChI=1S/C17H31NO4/c1-4-22-10-9-17(7-5-6-8-17)16(21)18-12-14(15(19)20)11-13(2)3/h13-14H,4-12H2,1-3H3,(H,18,21)(H,19,20). The van der Waals surface area contributed by atoms with Crippen molar-refractivity contribution in [1.29, 1.82) is 0 Å². The third-order valence-electron chi connectivity index (χ3n) is 4.59. The first-order valence-corrected chi connectivity index (χ1v) is 8.50. The Balaban J connectivity index is 2.57. The van der Waals surface area contributed by atoms with Crippen molar-refractivity contribution < 1.29 is 19.4 Å². The van der Waals surface area contributed by atoms with Crippen LogP contribution >= 0.6 is 0 Å². The topological polar surface area (TPSA) is 75.6 Å². The summed E-state index contributed by atoms with van der Waals surface area (Å²) in [7, 11) is 0. The first kappa shape index (κ1) is 18.9. The Morgan fingerprint density at radius 2 is 1.91 bits per heavy atom. The fraction of sp³-hybridized carbons (Fsp3) is 0.882. The van der Waals surface area contributed by atoms with E-state index in [9.17, 15) is 14.7 Å². The highest BCUT2D eigenvalue weighted by Gasteiger charge is 2.40. The van der Waals surface area contributed by atoms with Gasteiger partial charge in [0.15, 0.2) is 0 Å². The molecule has 0 radical (unpaired) electrons. The molecule has 5 heteroatoms. The molecule has 128 valence electrons. The van der Waals surface area contributed by atoms with Gasteiger partial charge in [-0.05, 0) is 38.5 Å². The van der Waals surface area contributed by atoms with E-state index in [0.717, 1.165) is 32.1 Å². The Bertz CT molecular complexity index is 362. The summed E-state index contributed by atoms with van der Waals surface area (Å²) in [6, 6.07) is 0. The van der Waals surface area contributed by atoms with Crippen molar-refractivity contribution in [2.24, 2.45) is 17.3 Å². The van der Waals surface area contributed by atoms with Gasteiger partial charge in [0.1, 0.15) is 0 Å². The summed E-state index contributed by atoms with van der Waals surface area (Å²) in [5.41, 5.74) is -0.351. The van der Waals surface area contributed by atoms with Crippen LogP contribution < -0.4 is 5.32 Å². The molecule has 0 aliphatic heterocycles. The molecule has 0 bridgehead atoms. The van der Waals surface area contributed by atoms with Crippen LogP contribution in [0.4, 0.5) is 0 Å². The summed E-state index contributed by atoms with van der Waals surface area (Å²) in [4.78, 5) is 23.9. The molecule has 1 rings (SSSR count). The van der Waals surface area contributed by atoms with E-state index >= 15 is 0 Å². The maximum absolute atomic E-state index is 12.6. The van der Waals surface area contributed by atoms with Gasteiger partial charge in [0.25, 0.3) is 0 Å². The minimum Gasteiger partial charge on any atom is -0.481 e. The van der Waals surface area contributed by atoms with Crippen LogP contribution in [0.3, 0.4) is 0 Å². The van der Waals surface area contributed by atoms with Gasteiger partial charge in [0.2, 0.25) is 5.91 Å². The van der Waals surface area contributed by atoms with Crippen molar-refractivity contribution in [3.05, 3.63) is 0 Å². The molecule has 0 saturated heterocycles. The van der Waals surface area contributed by atoms with Gasteiger partial charge >= 0.3 is 5.97 Å². The van der Waals surface area contributed by atoms with Gasteiger partial charge in [0.05, 0.1) is 11.3 Å². The number of rotatable bonds is 10. The van der Waals surface area contributed by atoms with E-state index in [1.54, 1.807) is 0 Å². The van der Waals surface area contributed by atoms with Crippen molar-refractivity contribution in [3.8, 4) is 0 Å². The van der Waals surface area contributed by atoms with Crippen LogP contribution in [0.25, 0.3) is 0 Å². The Morgan fingerprint density at radius 3 is 2.41 bits per heavy atom. The molecule has 1 atom stereocenters. The van der Waals surface area contributed by atoms with E-state index in [1.165, 1.54) is 0 Å². The van der Waals surface area contributed by atoms with Crippen LogP contribution in [0.1, 0.15) is 59.3 Å². The second kappa shape index (κ2) is 9.13. The number of hydrogen-bond donors (Lipinski definition) is 2. The predicted octanol–water partition coefficient (Wildman–Crippen LogP) is 2.84. The quantitative estimate of drug-likeness (QED) is 0.608. The highest BCUT2D eigenvalue weighted by atomic mass is 16.5. The van der Waals surface area contributed by atoms with Crippen molar-refractivity contribution in [2.75, 3.05) is 19.8 Å². The number of carboxylic acid groups (broad SMARTS) is 1. The van der Waals surface area contributed by atoms with E-state index in [2.05, 4.69) is 5.32 Å². The second-order valence-electron chi connectivity index (χ2n) is 6.81. The monoisotopic (exact) mass is 313 g/mol. The van der Waals surface area contributed by atoms with E-state index in [-0.39, 0.29) is 17.9 Å². The molecule has 2 N–H and O–H groups in total. The van der Waals surface area contributed by atoms with E-state index < -0.39 is 11.9 Å². The number of aliphatic carboxylic acids is 1. The first-order chi connectivity index (χ1) is 10.4. The fourth-order valence-electron chi connectivity index (χ4n) is 3.30. The number of ether oxygens (including phenoxy) is 1. The smallest absolute Gasteiger partial charge is 0.308 e. The molecule has 1 aliphatic carbocycles. The molecular weight excluding hydrogens is 282 g/mol. The van der Waals surface area contributed by atoms with Gasteiger partial charge in [0, 0.05) is 19.8 Å². The summed E-state index contributed by atoms with van der Waals surface area (Å²) in [6.07, 6.45) is 5.21. The average Bonchev–Trinajstić information content (AvgIpc) is 2.93. The zero-order valence-corrected chi connectivity index (χ0v) is 14.2. The van der Waals surface area contributed by atoms with Crippen molar-refractivity contribution in [1.82, 2.24) is 5.32 Å². The predicted molar refractivity (Wildman–Crippen MR) is 85.6 cm³/mol. The second-order valence-corrected chi connectivity index (χ2v) is 6.81. The number of carbonyl (C=O) groups is 2. The van der Waals surface area contributed by atoms with Crippen LogP contribution in [0.2, 0.25) is 0 Å². The van der Waals surface area contributed by atoms with E-state index in [4.69, 9.17) is 4.74 Å². The lowest BCUT2D eigenvalue weighted by Gasteiger charge is -2.28. The molecule has 1 aliphatic rings. The minimum atomic E-state index is -0.830. The zero-order chi connectivity index (χ0) is 16.6. The maximum Gasteiger partial charge on any atom is 0.308 e. The third-order valence-corrected chi connectivity index (χ3v) is 4.59. The number of hydrogen-bond acceptors (Lipinski definition) is 3. The van der Waals surface area contributed by atoms with Gasteiger partial charge in [-0.25, -0.2) is 0 Å². The maximum atomic E-state index is 12.6. The van der Waals surface area contributed by atoms with Crippen LogP contribution in [0.15, 0.2) is 0 Å². The normalized spacial score (nSPS) is 18.4. The molecule has 1 fully saturated rings. The summed E-state index contributed by atoms with van der Waals surface area (Å²) >= 11 is 0. The van der Waals surface area contributed by atoms with Crippen LogP contribution in [0.5, 0.6) is 0 Å². The first-order valence-electron chi connectivity index (χ1n) is 8.50. The number of carbonyl (C=O) groups excluding carboxylic acids is 1. The molecule has 0 aromatic heterocycles. The molecule has 5 nitrogen and oxygen atoms in total. The summed E-state index contributed by atoms with van der Waals surface area (Å²) in [5, 5.41) is 12.2. The van der Waals surface area contributed by atoms with Gasteiger partial charge < -0.3 is 15.2 Å². The van der Waals surface area contributed by atoms with Gasteiger partial charge in [-0.2, -0.15) is 0 Å². The molecule has 1 saturated carbocycles. The highest BCUT2D eigenvalue weighted by molar-refractivity contribution is 5.83. The number of nitrogens with one attached hydrogen (secondary N) is 1. The van der Waals surface area contributed by atoms with Crippen LogP contribution in [-0.2, 0) is 14.3 Å². The lowest BCUT2D eigenvalue weighted by atomic mass is 9.81. The minimum absolute atomic E-state index is 0.0136. The SMILES string of the molecule is CCOCCC1(C(=O)NCC(CC(C)C)C(=O)O)CCCC1. The molecule has 0 aromatic carbocycles. The molecule has 22 heavy (non-hydrogen) atoms. The number of carboxylic acids is 1. The molecular formula is C17H31NO4. The van der Waals surface area contributed by atoms with Crippen molar-refractivity contribution in [3.63, 3.8) is 0 Å². The molecule has 1 amide bonds. The molecule has 1 unspecified atom stereocenters. The largest absolute Gasteiger partial charge is 0.481 e. The Hall–Kier alpha value is -1.10.